The zero-order valence-corrected chi connectivity index (χ0v) is 16.9. The smallest absolute Gasteiger partial charge is 0.344 e. The molecule has 1 heterocycles. The third-order valence-electron chi connectivity index (χ3n) is 3.90. The third-order valence-corrected chi connectivity index (χ3v) is 4.23. The number of carbonyl (C=O) groups excluding carboxylic acids is 3. The van der Waals surface area contributed by atoms with Gasteiger partial charge in [0.15, 0.2) is 12.4 Å². The molecule has 1 N–H and O–H groups in total. The van der Waals surface area contributed by atoms with Crippen LogP contribution >= 0.6 is 11.6 Å². The summed E-state index contributed by atoms with van der Waals surface area (Å²) in [5.41, 5.74) is 1.07. The van der Waals surface area contributed by atoms with Gasteiger partial charge in [-0.05, 0) is 19.1 Å². The molecule has 9 heteroatoms. The number of likely N-dealkylation sites (N-methyl/N-ethyl adjacent to an activating group) is 1. The molecule has 0 fully saturated rings. The van der Waals surface area contributed by atoms with Gasteiger partial charge in [0.1, 0.15) is 5.56 Å². The molecule has 28 heavy (non-hydrogen) atoms. The topological polar surface area (TPSA) is 102 Å². The fraction of sp³-hybridized carbons (Fsp3) is 0.368. The Labute approximate surface area is 167 Å². The number of hydrogen-bond acceptors (Lipinski definition) is 6. The fourth-order valence-electron chi connectivity index (χ4n) is 2.40. The Balaban J connectivity index is 1.89. The lowest BCUT2D eigenvalue weighted by Crippen LogP contribution is -2.37. The van der Waals surface area contributed by atoms with Gasteiger partial charge in [-0.2, -0.15) is 0 Å². The zero-order valence-electron chi connectivity index (χ0n) is 16.1. The predicted octanol–water partition coefficient (Wildman–Crippen LogP) is 3.01. The van der Waals surface area contributed by atoms with Crippen LogP contribution in [0.2, 0.25) is 5.02 Å². The van der Waals surface area contributed by atoms with E-state index in [2.05, 4.69) is 10.5 Å². The first-order chi connectivity index (χ1) is 13.2. The molecule has 0 bridgehead atoms. The summed E-state index contributed by atoms with van der Waals surface area (Å²) in [6, 6.07) is 6.76. The van der Waals surface area contributed by atoms with Crippen LogP contribution in [-0.4, -0.2) is 48.0 Å². The number of benzene rings is 1. The van der Waals surface area contributed by atoms with E-state index in [9.17, 15) is 14.4 Å². The lowest BCUT2D eigenvalue weighted by atomic mass is 10.1. The summed E-state index contributed by atoms with van der Waals surface area (Å²) in [5, 5.41) is 6.78. The predicted molar refractivity (Wildman–Crippen MR) is 103 cm³/mol. The number of carbonyl (C=O) groups is 3. The number of hydrogen-bond donors (Lipinski definition) is 1. The molecule has 1 aromatic carbocycles. The molecule has 2 aromatic rings. The normalized spacial score (nSPS) is 10.6. The van der Waals surface area contributed by atoms with Crippen molar-refractivity contribution in [3.8, 4) is 0 Å². The van der Waals surface area contributed by atoms with Crippen LogP contribution in [0, 0.1) is 6.92 Å². The van der Waals surface area contributed by atoms with Crippen LogP contribution in [0.4, 0.5) is 5.69 Å². The number of aryl methyl sites for hydroxylation is 1. The minimum atomic E-state index is -0.690. The van der Waals surface area contributed by atoms with Crippen LogP contribution in [-0.2, 0) is 14.3 Å². The molecule has 8 nitrogen and oxygen atoms in total. The second kappa shape index (κ2) is 9.36. The van der Waals surface area contributed by atoms with Gasteiger partial charge in [0.05, 0.1) is 22.9 Å². The monoisotopic (exact) mass is 407 g/mol. The summed E-state index contributed by atoms with van der Waals surface area (Å²) in [7, 11) is 1.44. The Morgan fingerprint density at radius 1 is 1.29 bits per heavy atom. The minimum Gasteiger partial charge on any atom is -0.452 e. The van der Waals surface area contributed by atoms with Crippen molar-refractivity contribution in [1.29, 1.82) is 0 Å². The van der Waals surface area contributed by atoms with Gasteiger partial charge in [-0.15, -0.1) is 0 Å². The summed E-state index contributed by atoms with van der Waals surface area (Å²) < 4.78 is 10.2. The van der Waals surface area contributed by atoms with E-state index in [0.29, 0.717) is 22.2 Å². The van der Waals surface area contributed by atoms with Gasteiger partial charge in [-0.1, -0.05) is 42.7 Å². The molecule has 0 aliphatic carbocycles. The molecule has 150 valence electrons. The van der Waals surface area contributed by atoms with Crippen molar-refractivity contribution in [1.82, 2.24) is 10.1 Å². The number of ether oxygens (including phenoxy) is 1. The van der Waals surface area contributed by atoms with Gasteiger partial charge in [0.25, 0.3) is 5.91 Å². The second-order valence-corrected chi connectivity index (χ2v) is 6.92. The highest BCUT2D eigenvalue weighted by Crippen LogP contribution is 2.23. The summed E-state index contributed by atoms with van der Waals surface area (Å²) in [4.78, 5) is 37.7. The van der Waals surface area contributed by atoms with Crippen LogP contribution in [0.5, 0.6) is 0 Å². The van der Waals surface area contributed by atoms with Crippen molar-refractivity contribution in [2.24, 2.45) is 0 Å². The first-order valence-electron chi connectivity index (χ1n) is 8.62. The van der Waals surface area contributed by atoms with Crippen LogP contribution in [0.1, 0.15) is 41.6 Å². The minimum absolute atomic E-state index is 0.0596. The van der Waals surface area contributed by atoms with Gasteiger partial charge in [-0.3, -0.25) is 9.59 Å². The maximum atomic E-state index is 12.3. The van der Waals surface area contributed by atoms with Crippen molar-refractivity contribution in [2.45, 2.75) is 26.7 Å². The van der Waals surface area contributed by atoms with Gasteiger partial charge in [0.2, 0.25) is 5.91 Å². The zero-order chi connectivity index (χ0) is 20.8. The number of nitrogens with one attached hydrogen (secondary N) is 1. The number of esters is 1. The molecule has 1 aromatic heterocycles. The van der Waals surface area contributed by atoms with Crippen molar-refractivity contribution in [2.75, 3.05) is 25.5 Å². The maximum Gasteiger partial charge on any atom is 0.344 e. The Bertz CT molecular complexity index is 878. The Hall–Kier alpha value is -2.87. The highest BCUT2D eigenvalue weighted by Gasteiger charge is 2.25. The fourth-order valence-corrected chi connectivity index (χ4v) is 2.58. The van der Waals surface area contributed by atoms with E-state index >= 15 is 0 Å². The van der Waals surface area contributed by atoms with Crippen molar-refractivity contribution >= 4 is 35.1 Å². The van der Waals surface area contributed by atoms with Crippen molar-refractivity contribution in [3.05, 3.63) is 46.3 Å². The Morgan fingerprint density at radius 2 is 1.96 bits per heavy atom. The van der Waals surface area contributed by atoms with Crippen LogP contribution < -0.4 is 5.32 Å². The largest absolute Gasteiger partial charge is 0.452 e. The molecular weight excluding hydrogens is 386 g/mol. The SMILES string of the molecule is Cc1noc(C(C)C)c1C(=O)OCC(=O)N(C)CC(=O)Nc1ccccc1Cl. The number of amides is 2. The van der Waals surface area contributed by atoms with E-state index in [0.717, 1.165) is 4.90 Å². The Kier molecular flexibility index (Phi) is 7.17. The average Bonchev–Trinajstić information content (AvgIpc) is 3.03. The summed E-state index contributed by atoms with van der Waals surface area (Å²) >= 11 is 5.98. The number of aromatic nitrogens is 1. The molecule has 0 unspecified atom stereocenters. The van der Waals surface area contributed by atoms with Gasteiger partial charge < -0.3 is 19.5 Å². The van der Waals surface area contributed by atoms with E-state index < -0.39 is 24.4 Å². The summed E-state index contributed by atoms with van der Waals surface area (Å²) in [6.45, 7) is 4.61. The number of anilines is 1. The van der Waals surface area contributed by atoms with E-state index in [1.807, 2.05) is 13.8 Å². The standard InChI is InChI=1S/C19H22ClN3O5/c1-11(2)18-17(12(3)22-28-18)19(26)27-10-16(25)23(4)9-15(24)21-14-8-6-5-7-13(14)20/h5-8,11H,9-10H2,1-4H3,(H,21,24). The number of para-hydroxylation sites is 1. The molecule has 2 rings (SSSR count). The number of nitrogens with zero attached hydrogens (tertiary/aromatic N) is 2. The number of halogens is 1. The van der Waals surface area contributed by atoms with Gasteiger partial charge in [-0.25, -0.2) is 4.79 Å². The highest BCUT2D eigenvalue weighted by molar-refractivity contribution is 6.33. The van der Waals surface area contributed by atoms with Crippen molar-refractivity contribution in [3.63, 3.8) is 0 Å². The van der Waals surface area contributed by atoms with E-state index in [-0.39, 0.29) is 18.0 Å². The molecule has 0 aliphatic rings. The second-order valence-electron chi connectivity index (χ2n) is 6.52. The average molecular weight is 408 g/mol. The maximum absolute atomic E-state index is 12.3. The molecule has 0 saturated heterocycles. The quantitative estimate of drug-likeness (QED) is 0.708. The highest BCUT2D eigenvalue weighted by atomic mass is 35.5. The van der Waals surface area contributed by atoms with E-state index in [1.54, 1.807) is 31.2 Å². The summed E-state index contributed by atoms with van der Waals surface area (Å²) in [5.74, 6) is -1.29. The van der Waals surface area contributed by atoms with Crippen molar-refractivity contribution < 1.29 is 23.6 Å². The lowest BCUT2D eigenvalue weighted by Gasteiger charge is -2.17. The Morgan fingerprint density at radius 3 is 2.61 bits per heavy atom. The molecule has 0 atom stereocenters. The molecule has 2 amide bonds. The van der Waals surface area contributed by atoms with Crippen LogP contribution in [0.3, 0.4) is 0 Å². The van der Waals surface area contributed by atoms with Gasteiger partial charge >= 0.3 is 5.97 Å². The van der Waals surface area contributed by atoms with Crippen LogP contribution in [0.15, 0.2) is 28.8 Å². The summed E-state index contributed by atoms with van der Waals surface area (Å²) in [6.07, 6.45) is 0. The van der Waals surface area contributed by atoms with E-state index in [1.165, 1.54) is 7.05 Å². The number of rotatable bonds is 7. The third kappa shape index (κ3) is 5.32. The molecule has 0 aliphatic heterocycles. The molecule has 0 saturated carbocycles. The first kappa shape index (κ1) is 21.4. The van der Waals surface area contributed by atoms with Gasteiger partial charge in [0, 0.05) is 13.0 Å². The molecule has 0 spiro atoms. The molecule has 0 radical (unpaired) electrons. The van der Waals surface area contributed by atoms with Crippen LogP contribution in [0.25, 0.3) is 0 Å². The van der Waals surface area contributed by atoms with E-state index in [4.69, 9.17) is 20.9 Å². The first-order valence-corrected chi connectivity index (χ1v) is 9.00. The lowest BCUT2D eigenvalue weighted by molar-refractivity contribution is -0.136. The molecular formula is C19H22ClN3O5.